The van der Waals surface area contributed by atoms with E-state index in [2.05, 4.69) is 10.3 Å². The van der Waals surface area contributed by atoms with E-state index in [-0.39, 0.29) is 5.91 Å². The molecule has 5 nitrogen and oxygen atoms in total. The molecule has 3 aromatic rings. The molecule has 0 unspecified atom stereocenters. The minimum atomic E-state index is -0.834. The average molecular weight is 318 g/mol. The molecule has 2 heterocycles. The number of hydrogen-bond acceptors (Lipinski definition) is 4. The highest BCUT2D eigenvalue weighted by Crippen LogP contribution is 2.22. The highest BCUT2D eigenvalue weighted by Gasteiger charge is 2.31. The summed E-state index contributed by atoms with van der Waals surface area (Å²) in [4.78, 5) is 28.8. The van der Waals surface area contributed by atoms with Crippen molar-refractivity contribution < 1.29 is 14.3 Å². The molecule has 1 atom stereocenters. The van der Waals surface area contributed by atoms with Gasteiger partial charge >= 0.3 is 5.97 Å². The fraction of sp³-hybridized carbons (Fsp3) is 0.105. The standard InChI is InChI=1S/C19H14N2O3/c22-18(17-10-12-5-1-3-7-15(12)19(23)24-17)21-14-9-13-6-2-4-8-16(13)20-11-14/h1-9,11,17H,10H2,(H,21,22)/t17-/m0/s1. The maximum absolute atomic E-state index is 12.4. The molecule has 2 aromatic carbocycles. The normalized spacial score (nSPS) is 16.3. The Bertz CT molecular complexity index is 952. The first-order chi connectivity index (χ1) is 11.7. The molecule has 1 aliphatic rings. The predicted molar refractivity (Wildman–Crippen MR) is 89.7 cm³/mol. The van der Waals surface area contributed by atoms with Gasteiger partial charge in [0.15, 0.2) is 6.10 Å². The van der Waals surface area contributed by atoms with Crippen LogP contribution in [0.15, 0.2) is 60.8 Å². The number of amides is 1. The van der Waals surface area contributed by atoms with E-state index in [0.717, 1.165) is 16.5 Å². The number of carbonyl (C=O) groups excluding carboxylic acids is 2. The number of rotatable bonds is 2. The zero-order chi connectivity index (χ0) is 16.5. The van der Waals surface area contributed by atoms with Crippen LogP contribution in [-0.4, -0.2) is 23.0 Å². The summed E-state index contributed by atoms with van der Waals surface area (Å²) in [5, 5.41) is 3.71. The highest BCUT2D eigenvalue weighted by atomic mass is 16.5. The fourth-order valence-corrected chi connectivity index (χ4v) is 2.84. The number of para-hydroxylation sites is 1. The summed E-state index contributed by atoms with van der Waals surface area (Å²) in [6.45, 7) is 0. The van der Waals surface area contributed by atoms with Crippen molar-refractivity contribution in [3.8, 4) is 0 Å². The molecule has 0 saturated carbocycles. The van der Waals surface area contributed by atoms with Gasteiger partial charge in [0.1, 0.15) is 0 Å². The van der Waals surface area contributed by atoms with Gasteiger partial charge in [-0.2, -0.15) is 0 Å². The van der Waals surface area contributed by atoms with E-state index in [1.807, 2.05) is 42.5 Å². The summed E-state index contributed by atoms with van der Waals surface area (Å²) in [5.41, 5.74) is 2.78. The molecule has 5 heteroatoms. The van der Waals surface area contributed by atoms with Gasteiger partial charge in [-0.25, -0.2) is 4.79 Å². The quantitative estimate of drug-likeness (QED) is 0.738. The van der Waals surface area contributed by atoms with E-state index in [1.165, 1.54) is 0 Å². The lowest BCUT2D eigenvalue weighted by atomic mass is 9.98. The number of ether oxygens (including phenoxy) is 1. The summed E-state index contributed by atoms with van der Waals surface area (Å²) < 4.78 is 5.26. The average Bonchev–Trinajstić information content (AvgIpc) is 2.61. The lowest BCUT2D eigenvalue weighted by Gasteiger charge is -2.23. The number of nitrogens with one attached hydrogen (secondary N) is 1. The van der Waals surface area contributed by atoms with Gasteiger partial charge in [0, 0.05) is 11.8 Å². The molecule has 0 fully saturated rings. The zero-order valence-corrected chi connectivity index (χ0v) is 12.7. The van der Waals surface area contributed by atoms with Crippen molar-refractivity contribution in [3.63, 3.8) is 0 Å². The van der Waals surface area contributed by atoms with Gasteiger partial charge in [-0.05, 0) is 23.8 Å². The van der Waals surface area contributed by atoms with Crippen LogP contribution in [0.4, 0.5) is 5.69 Å². The molecule has 0 saturated heterocycles. The first-order valence-electron chi connectivity index (χ1n) is 7.65. The Labute approximate surface area is 138 Å². The lowest BCUT2D eigenvalue weighted by Crippen LogP contribution is -2.37. The van der Waals surface area contributed by atoms with Crippen LogP contribution in [0.25, 0.3) is 10.9 Å². The molecule has 0 aliphatic carbocycles. The van der Waals surface area contributed by atoms with Crippen molar-refractivity contribution in [2.45, 2.75) is 12.5 Å². The summed E-state index contributed by atoms with van der Waals surface area (Å²) in [6.07, 6.45) is 1.13. The number of anilines is 1. The van der Waals surface area contributed by atoms with Gasteiger partial charge in [-0.1, -0.05) is 36.4 Å². The third-order valence-corrected chi connectivity index (χ3v) is 4.04. The minimum absolute atomic E-state index is 0.352. The molecule has 118 valence electrons. The highest BCUT2D eigenvalue weighted by molar-refractivity contribution is 6.00. The van der Waals surface area contributed by atoms with E-state index in [1.54, 1.807) is 18.3 Å². The van der Waals surface area contributed by atoms with E-state index < -0.39 is 12.1 Å². The number of esters is 1. The van der Waals surface area contributed by atoms with Crippen LogP contribution in [0.5, 0.6) is 0 Å². The first-order valence-corrected chi connectivity index (χ1v) is 7.65. The second-order valence-corrected chi connectivity index (χ2v) is 5.66. The summed E-state index contributed by atoms with van der Waals surface area (Å²) in [7, 11) is 0. The molecular weight excluding hydrogens is 304 g/mol. The van der Waals surface area contributed by atoms with Crippen LogP contribution in [0, 0.1) is 0 Å². The fourth-order valence-electron chi connectivity index (χ4n) is 2.84. The molecule has 0 spiro atoms. The largest absolute Gasteiger partial charge is 0.448 e. The molecule has 1 aromatic heterocycles. The minimum Gasteiger partial charge on any atom is -0.448 e. The van der Waals surface area contributed by atoms with Crippen LogP contribution in [0.1, 0.15) is 15.9 Å². The SMILES string of the molecule is O=C1O[C@H](C(=O)Nc2cnc3ccccc3c2)Cc2ccccc21. The van der Waals surface area contributed by atoms with E-state index in [9.17, 15) is 9.59 Å². The molecule has 1 N–H and O–H groups in total. The van der Waals surface area contributed by atoms with E-state index in [4.69, 9.17) is 4.74 Å². The number of pyridine rings is 1. The van der Waals surface area contributed by atoms with Crippen molar-refractivity contribution >= 4 is 28.5 Å². The van der Waals surface area contributed by atoms with Crippen LogP contribution in [0.3, 0.4) is 0 Å². The second kappa shape index (κ2) is 5.77. The summed E-state index contributed by atoms with van der Waals surface area (Å²) >= 11 is 0. The van der Waals surface area contributed by atoms with Crippen LogP contribution >= 0.6 is 0 Å². The van der Waals surface area contributed by atoms with Crippen molar-refractivity contribution in [3.05, 3.63) is 71.9 Å². The molecule has 4 rings (SSSR count). The van der Waals surface area contributed by atoms with Gasteiger partial charge in [0.05, 0.1) is 23.0 Å². The Kier molecular flexibility index (Phi) is 3.46. The number of benzene rings is 2. The lowest BCUT2D eigenvalue weighted by molar-refractivity contribution is -0.125. The third kappa shape index (κ3) is 2.60. The van der Waals surface area contributed by atoms with E-state index >= 15 is 0 Å². The Balaban J connectivity index is 1.55. The van der Waals surface area contributed by atoms with Crippen LogP contribution in [0.2, 0.25) is 0 Å². The van der Waals surface area contributed by atoms with Crippen LogP contribution < -0.4 is 5.32 Å². The molecule has 24 heavy (non-hydrogen) atoms. The predicted octanol–water partition coefficient (Wildman–Crippen LogP) is 2.96. The van der Waals surface area contributed by atoms with Gasteiger partial charge in [-0.3, -0.25) is 9.78 Å². The number of fused-ring (bicyclic) bond motifs is 2. The Morgan fingerprint density at radius 2 is 1.92 bits per heavy atom. The molecule has 0 radical (unpaired) electrons. The smallest absolute Gasteiger partial charge is 0.339 e. The van der Waals surface area contributed by atoms with Crippen molar-refractivity contribution in [1.82, 2.24) is 4.98 Å². The third-order valence-electron chi connectivity index (χ3n) is 4.04. The summed E-state index contributed by atoms with van der Waals surface area (Å²) in [5.74, 6) is -0.816. The monoisotopic (exact) mass is 318 g/mol. The molecule has 1 aliphatic heterocycles. The molecule has 1 amide bonds. The van der Waals surface area contributed by atoms with Gasteiger partial charge in [0.25, 0.3) is 5.91 Å². The number of aromatic nitrogens is 1. The Morgan fingerprint density at radius 1 is 1.12 bits per heavy atom. The Morgan fingerprint density at radius 3 is 2.83 bits per heavy atom. The van der Waals surface area contributed by atoms with E-state index in [0.29, 0.717) is 17.7 Å². The molecule has 0 bridgehead atoms. The van der Waals surface area contributed by atoms with Gasteiger partial charge in [0.2, 0.25) is 0 Å². The van der Waals surface area contributed by atoms with Crippen molar-refractivity contribution in [1.29, 1.82) is 0 Å². The maximum atomic E-state index is 12.4. The first kappa shape index (κ1) is 14.4. The second-order valence-electron chi connectivity index (χ2n) is 5.66. The summed E-state index contributed by atoms with van der Waals surface area (Å²) in [6, 6.07) is 16.7. The van der Waals surface area contributed by atoms with Gasteiger partial charge in [-0.15, -0.1) is 0 Å². The number of hydrogen-bond donors (Lipinski definition) is 1. The zero-order valence-electron chi connectivity index (χ0n) is 12.7. The number of nitrogens with zero attached hydrogens (tertiary/aromatic N) is 1. The maximum Gasteiger partial charge on any atom is 0.339 e. The Hall–Kier alpha value is -3.21. The number of carbonyl (C=O) groups is 2. The topological polar surface area (TPSA) is 68.3 Å². The van der Waals surface area contributed by atoms with Crippen molar-refractivity contribution in [2.24, 2.45) is 0 Å². The van der Waals surface area contributed by atoms with Gasteiger partial charge < -0.3 is 10.1 Å². The molecular formula is C19H14N2O3. The number of cyclic esters (lactones) is 1. The van der Waals surface area contributed by atoms with Crippen LogP contribution in [-0.2, 0) is 16.0 Å². The van der Waals surface area contributed by atoms with Crippen molar-refractivity contribution in [2.75, 3.05) is 5.32 Å².